The second-order valence-corrected chi connectivity index (χ2v) is 5.43. The molecule has 0 aliphatic heterocycles. The van der Waals surface area contributed by atoms with Crippen LogP contribution in [0.2, 0.25) is 0 Å². The quantitative estimate of drug-likeness (QED) is 0.885. The summed E-state index contributed by atoms with van der Waals surface area (Å²) in [5.74, 6) is -0.745. The lowest BCUT2D eigenvalue weighted by molar-refractivity contribution is -0.137. The molecular weight excluding hydrogens is 361 g/mol. The van der Waals surface area contributed by atoms with Crippen molar-refractivity contribution in [3.05, 3.63) is 63.9 Å². The smallest absolute Gasteiger partial charge is 0.352 e. The van der Waals surface area contributed by atoms with Gasteiger partial charge in [-0.2, -0.15) is 13.2 Å². The first-order valence-electron chi connectivity index (χ1n) is 6.43. The monoisotopic (exact) mass is 372 g/mol. The summed E-state index contributed by atoms with van der Waals surface area (Å²) in [5, 5.41) is 2.48. The maximum Gasteiger partial charge on any atom is 0.417 e. The second-order valence-electron chi connectivity index (χ2n) is 4.52. The maximum absolute atomic E-state index is 12.8. The minimum absolute atomic E-state index is 0.208. The molecule has 0 radical (unpaired) electrons. The van der Waals surface area contributed by atoms with Crippen LogP contribution in [0.5, 0.6) is 0 Å². The van der Waals surface area contributed by atoms with E-state index in [1.54, 1.807) is 12.3 Å². The number of aromatic nitrogens is 1. The number of pyridine rings is 1. The van der Waals surface area contributed by atoms with Crippen molar-refractivity contribution < 1.29 is 18.0 Å². The predicted molar refractivity (Wildman–Crippen MR) is 79.4 cm³/mol. The zero-order valence-electron chi connectivity index (χ0n) is 11.3. The van der Waals surface area contributed by atoms with E-state index in [-0.39, 0.29) is 12.1 Å². The van der Waals surface area contributed by atoms with E-state index in [4.69, 9.17) is 0 Å². The number of hydrogen-bond acceptors (Lipinski definition) is 2. The zero-order chi connectivity index (χ0) is 16.2. The first-order valence-corrected chi connectivity index (χ1v) is 7.22. The minimum atomic E-state index is -4.55. The van der Waals surface area contributed by atoms with Gasteiger partial charge in [0.1, 0.15) is 0 Å². The van der Waals surface area contributed by atoms with Crippen molar-refractivity contribution >= 4 is 21.8 Å². The lowest BCUT2D eigenvalue weighted by Gasteiger charge is -2.12. The highest BCUT2D eigenvalue weighted by Crippen LogP contribution is 2.31. The topological polar surface area (TPSA) is 42.0 Å². The molecule has 22 heavy (non-hydrogen) atoms. The molecule has 0 atom stereocenters. The van der Waals surface area contributed by atoms with E-state index in [1.165, 1.54) is 12.1 Å². The standard InChI is InChI=1S/C15H12BrF3N2O/c16-10-5-6-11(21-9-10)7-8-20-14(22)12-3-1-2-4-13(12)15(17,18)19/h1-6,9H,7-8H2,(H,20,22). The molecule has 1 N–H and O–H groups in total. The summed E-state index contributed by atoms with van der Waals surface area (Å²) in [4.78, 5) is 16.0. The Morgan fingerprint density at radius 2 is 1.91 bits per heavy atom. The van der Waals surface area contributed by atoms with Crippen LogP contribution in [0.4, 0.5) is 13.2 Å². The lowest BCUT2D eigenvalue weighted by Crippen LogP contribution is -2.28. The zero-order valence-corrected chi connectivity index (χ0v) is 12.9. The van der Waals surface area contributed by atoms with Crippen molar-refractivity contribution in [2.75, 3.05) is 6.54 Å². The van der Waals surface area contributed by atoms with E-state index in [0.29, 0.717) is 6.42 Å². The summed E-state index contributed by atoms with van der Waals surface area (Å²) in [7, 11) is 0. The molecule has 0 fully saturated rings. The van der Waals surface area contributed by atoms with E-state index in [1.807, 2.05) is 6.07 Å². The fourth-order valence-corrected chi connectivity index (χ4v) is 2.12. The normalized spacial score (nSPS) is 11.3. The lowest BCUT2D eigenvalue weighted by atomic mass is 10.1. The molecule has 0 saturated carbocycles. The Morgan fingerprint density at radius 1 is 1.18 bits per heavy atom. The number of benzene rings is 1. The van der Waals surface area contributed by atoms with Crippen LogP contribution < -0.4 is 5.32 Å². The Kier molecular flexibility index (Phi) is 5.18. The van der Waals surface area contributed by atoms with Crippen molar-refractivity contribution in [3.63, 3.8) is 0 Å². The Morgan fingerprint density at radius 3 is 2.55 bits per heavy atom. The molecule has 1 aromatic carbocycles. The van der Waals surface area contributed by atoms with Gasteiger partial charge in [0.2, 0.25) is 0 Å². The average molecular weight is 373 g/mol. The van der Waals surface area contributed by atoms with Gasteiger partial charge in [0.15, 0.2) is 0 Å². The molecule has 0 aliphatic rings. The van der Waals surface area contributed by atoms with Gasteiger partial charge >= 0.3 is 6.18 Å². The van der Waals surface area contributed by atoms with Gasteiger partial charge in [-0.15, -0.1) is 0 Å². The highest BCUT2D eigenvalue weighted by molar-refractivity contribution is 9.10. The van der Waals surface area contributed by atoms with Crippen molar-refractivity contribution in [2.24, 2.45) is 0 Å². The molecule has 0 unspecified atom stereocenters. The Labute approximate surface area is 133 Å². The van der Waals surface area contributed by atoms with Gasteiger partial charge in [-0.05, 0) is 40.2 Å². The molecule has 116 valence electrons. The van der Waals surface area contributed by atoms with Gasteiger partial charge in [0.05, 0.1) is 11.1 Å². The van der Waals surface area contributed by atoms with Crippen molar-refractivity contribution in [2.45, 2.75) is 12.6 Å². The molecular formula is C15H12BrF3N2O. The van der Waals surface area contributed by atoms with Crippen LogP contribution in [-0.4, -0.2) is 17.4 Å². The maximum atomic E-state index is 12.8. The summed E-state index contributed by atoms with van der Waals surface area (Å²) in [6, 6.07) is 8.30. The number of carbonyl (C=O) groups excluding carboxylic acids is 1. The Hall–Kier alpha value is -1.89. The molecule has 0 bridgehead atoms. The molecule has 1 amide bonds. The van der Waals surface area contributed by atoms with Crippen LogP contribution >= 0.6 is 15.9 Å². The molecule has 2 aromatic rings. The van der Waals surface area contributed by atoms with Crippen molar-refractivity contribution in [1.29, 1.82) is 0 Å². The number of hydrogen-bond donors (Lipinski definition) is 1. The van der Waals surface area contributed by atoms with Gasteiger partial charge in [-0.25, -0.2) is 0 Å². The molecule has 1 heterocycles. The number of carbonyl (C=O) groups is 1. The molecule has 0 spiro atoms. The van der Waals surface area contributed by atoms with Gasteiger partial charge in [0, 0.05) is 29.3 Å². The van der Waals surface area contributed by atoms with E-state index < -0.39 is 17.6 Å². The number of halogens is 4. The fourth-order valence-electron chi connectivity index (χ4n) is 1.88. The molecule has 0 saturated heterocycles. The van der Waals surface area contributed by atoms with Crippen LogP contribution in [-0.2, 0) is 12.6 Å². The largest absolute Gasteiger partial charge is 0.417 e. The highest BCUT2D eigenvalue weighted by atomic mass is 79.9. The van der Waals surface area contributed by atoms with Crippen LogP contribution in [0.3, 0.4) is 0 Å². The summed E-state index contributed by atoms with van der Waals surface area (Å²) < 4.78 is 39.4. The van der Waals surface area contributed by atoms with Crippen molar-refractivity contribution in [1.82, 2.24) is 10.3 Å². The van der Waals surface area contributed by atoms with Gasteiger partial charge in [0.25, 0.3) is 5.91 Å². The highest BCUT2D eigenvalue weighted by Gasteiger charge is 2.34. The van der Waals surface area contributed by atoms with Crippen molar-refractivity contribution in [3.8, 4) is 0 Å². The van der Waals surface area contributed by atoms with Crippen LogP contribution in [0, 0.1) is 0 Å². The first kappa shape index (κ1) is 16.5. The molecule has 1 aromatic heterocycles. The van der Waals surface area contributed by atoms with E-state index >= 15 is 0 Å². The second kappa shape index (κ2) is 6.91. The number of amides is 1. The van der Waals surface area contributed by atoms with E-state index in [9.17, 15) is 18.0 Å². The third-order valence-electron chi connectivity index (χ3n) is 2.93. The minimum Gasteiger partial charge on any atom is -0.352 e. The molecule has 7 heteroatoms. The number of alkyl halides is 3. The average Bonchev–Trinajstić information content (AvgIpc) is 2.48. The summed E-state index contributed by atoms with van der Waals surface area (Å²) in [5.41, 5.74) is -0.569. The van der Waals surface area contributed by atoms with Crippen LogP contribution in [0.25, 0.3) is 0 Å². The number of nitrogens with one attached hydrogen (secondary N) is 1. The van der Waals surface area contributed by atoms with Gasteiger partial charge in [-0.3, -0.25) is 9.78 Å². The van der Waals surface area contributed by atoms with Crippen LogP contribution in [0.15, 0.2) is 47.1 Å². The van der Waals surface area contributed by atoms with Gasteiger partial charge in [-0.1, -0.05) is 12.1 Å². The summed E-state index contributed by atoms with van der Waals surface area (Å²) in [6.07, 6.45) is -2.50. The Balaban J connectivity index is 2.00. The third kappa shape index (κ3) is 4.30. The molecule has 0 aliphatic carbocycles. The molecule has 2 rings (SSSR count). The number of nitrogens with zero attached hydrogens (tertiary/aromatic N) is 1. The van der Waals surface area contributed by atoms with E-state index in [2.05, 4.69) is 26.2 Å². The fraction of sp³-hybridized carbons (Fsp3) is 0.200. The van der Waals surface area contributed by atoms with Gasteiger partial charge < -0.3 is 5.32 Å². The van der Waals surface area contributed by atoms with Crippen LogP contribution in [0.1, 0.15) is 21.6 Å². The molecule has 3 nitrogen and oxygen atoms in total. The Bertz CT molecular complexity index is 657. The first-order chi connectivity index (χ1) is 10.4. The summed E-state index contributed by atoms with van der Waals surface area (Å²) >= 11 is 3.26. The third-order valence-corrected chi connectivity index (χ3v) is 3.40. The SMILES string of the molecule is O=C(NCCc1ccc(Br)cn1)c1ccccc1C(F)(F)F. The van der Waals surface area contributed by atoms with E-state index in [0.717, 1.165) is 22.3 Å². The number of rotatable bonds is 4. The predicted octanol–water partition coefficient (Wildman–Crippen LogP) is 3.84. The summed E-state index contributed by atoms with van der Waals surface area (Å²) in [6.45, 7) is 0.208.